The van der Waals surface area contributed by atoms with Crippen molar-refractivity contribution in [2.75, 3.05) is 18.5 Å². The van der Waals surface area contributed by atoms with E-state index in [1.54, 1.807) is 6.20 Å². The van der Waals surface area contributed by atoms with Gasteiger partial charge >= 0.3 is 0 Å². The number of hydrogen-bond acceptors (Lipinski definition) is 4. The summed E-state index contributed by atoms with van der Waals surface area (Å²) in [6, 6.07) is 4.04. The number of rotatable bonds is 3. The van der Waals surface area contributed by atoms with Crippen molar-refractivity contribution in [3.63, 3.8) is 0 Å². The summed E-state index contributed by atoms with van der Waals surface area (Å²) in [5.41, 5.74) is 0. The van der Waals surface area contributed by atoms with Crippen LogP contribution in [0.4, 0.5) is 5.82 Å². The summed E-state index contributed by atoms with van der Waals surface area (Å²) in [6.07, 6.45) is 1.73. The van der Waals surface area contributed by atoms with Crippen LogP contribution in [0.15, 0.2) is 12.3 Å². The van der Waals surface area contributed by atoms with Crippen LogP contribution < -0.4 is 4.90 Å². The molecule has 0 bridgehead atoms. The van der Waals surface area contributed by atoms with Crippen molar-refractivity contribution in [2.45, 2.75) is 13.8 Å². The smallest absolute Gasteiger partial charge is 0.132 e. The van der Waals surface area contributed by atoms with Crippen LogP contribution in [0.25, 0.3) is 0 Å². The SMILES string of the molecule is Cc1nccc(N(C)CC(C)C#N)n1. The maximum atomic E-state index is 8.68. The summed E-state index contributed by atoms with van der Waals surface area (Å²) in [4.78, 5) is 10.2. The Bertz CT molecular complexity index is 342. The van der Waals surface area contributed by atoms with Gasteiger partial charge in [-0.3, -0.25) is 0 Å². The van der Waals surface area contributed by atoms with Crippen LogP contribution in [0.1, 0.15) is 12.7 Å². The lowest BCUT2D eigenvalue weighted by atomic mass is 10.2. The third-order valence-corrected chi connectivity index (χ3v) is 1.92. The van der Waals surface area contributed by atoms with Gasteiger partial charge in [-0.05, 0) is 19.9 Å². The van der Waals surface area contributed by atoms with E-state index in [2.05, 4.69) is 16.0 Å². The molecule has 14 heavy (non-hydrogen) atoms. The predicted molar refractivity (Wildman–Crippen MR) is 54.8 cm³/mol. The second kappa shape index (κ2) is 4.56. The van der Waals surface area contributed by atoms with Crippen molar-refractivity contribution < 1.29 is 0 Å². The van der Waals surface area contributed by atoms with Gasteiger partial charge in [-0.2, -0.15) is 5.26 Å². The maximum Gasteiger partial charge on any atom is 0.132 e. The van der Waals surface area contributed by atoms with Crippen molar-refractivity contribution in [2.24, 2.45) is 5.92 Å². The van der Waals surface area contributed by atoms with Crippen LogP contribution in [0, 0.1) is 24.2 Å². The van der Waals surface area contributed by atoms with Crippen LogP contribution in [0.3, 0.4) is 0 Å². The predicted octanol–water partition coefficient (Wildman–Crippen LogP) is 1.38. The van der Waals surface area contributed by atoms with Crippen LogP contribution in [-0.2, 0) is 0 Å². The fourth-order valence-corrected chi connectivity index (χ4v) is 1.20. The van der Waals surface area contributed by atoms with Crippen LogP contribution >= 0.6 is 0 Å². The molecule has 0 aliphatic carbocycles. The Morgan fingerprint density at radius 2 is 2.36 bits per heavy atom. The lowest BCUT2D eigenvalue weighted by molar-refractivity contribution is 0.708. The molecule has 0 fully saturated rings. The Kier molecular flexibility index (Phi) is 3.41. The molecule has 0 aromatic carbocycles. The second-order valence-electron chi connectivity index (χ2n) is 3.37. The van der Waals surface area contributed by atoms with E-state index in [4.69, 9.17) is 5.26 Å². The Labute approximate surface area is 84.2 Å². The molecule has 1 aromatic rings. The minimum Gasteiger partial charge on any atom is -0.358 e. The Balaban J connectivity index is 2.70. The summed E-state index contributed by atoms with van der Waals surface area (Å²) in [5.74, 6) is 1.62. The lowest BCUT2D eigenvalue weighted by Gasteiger charge is -2.18. The minimum atomic E-state index is 0.00951. The van der Waals surface area contributed by atoms with Crippen LogP contribution in [0.5, 0.6) is 0 Å². The lowest BCUT2D eigenvalue weighted by Crippen LogP contribution is -2.24. The van der Waals surface area contributed by atoms with Gasteiger partial charge in [-0.1, -0.05) is 0 Å². The van der Waals surface area contributed by atoms with E-state index in [1.807, 2.05) is 31.9 Å². The zero-order valence-corrected chi connectivity index (χ0v) is 8.73. The summed E-state index contributed by atoms with van der Waals surface area (Å²) in [5, 5.41) is 8.68. The molecule has 0 N–H and O–H groups in total. The highest BCUT2D eigenvalue weighted by atomic mass is 15.2. The van der Waals surface area contributed by atoms with Crippen molar-refractivity contribution in [1.82, 2.24) is 9.97 Å². The second-order valence-corrected chi connectivity index (χ2v) is 3.37. The van der Waals surface area contributed by atoms with Crippen LogP contribution in [0.2, 0.25) is 0 Å². The Morgan fingerprint density at radius 1 is 1.64 bits per heavy atom. The van der Waals surface area contributed by atoms with Gasteiger partial charge in [0.2, 0.25) is 0 Å². The van der Waals surface area contributed by atoms with Crippen molar-refractivity contribution in [3.8, 4) is 6.07 Å². The monoisotopic (exact) mass is 190 g/mol. The molecule has 0 spiro atoms. The minimum absolute atomic E-state index is 0.00951. The van der Waals surface area contributed by atoms with Gasteiger partial charge in [0.15, 0.2) is 0 Å². The highest BCUT2D eigenvalue weighted by Crippen LogP contribution is 2.09. The molecule has 0 amide bonds. The summed E-state index contributed by atoms with van der Waals surface area (Å²) < 4.78 is 0. The molecule has 1 aromatic heterocycles. The van der Waals surface area contributed by atoms with Crippen LogP contribution in [-0.4, -0.2) is 23.6 Å². The summed E-state index contributed by atoms with van der Waals surface area (Å²) >= 11 is 0. The third-order valence-electron chi connectivity index (χ3n) is 1.92. The first-order valence-corrected chi connectivity index (χ1v) is 4.54. The zero-order valence-electron chi connectivity index (χ0n) is 8.73. The normalized spacial score (nSPS) is 11.9. The van der Waals surface area contributed by atoms with Crippen molar-refractivity contribution in [3.05, 3.63) is 18.1 Å². The van der Waals surface area contributed by atoms with Gasteiger partial charge in [-0.25, -0.2) is 9.97 Å². The van der Waals surface area contributed by atoms with Crippen molar-refractivity contribution in [1.29, 1.82) is 5.26 Å². The van der Waals surface area contributed by atoms with E-state index < -0.39 is 0 Å². The Morgan fingerprint density at radius 3 is 2.93 bits per heavy atom. The first kappa shape index (κ1) is 10.5. The third kappa shape index (κ3) is 2.70. The standard InChI is InChI=1S/C10H14N4/c1-8(6-11)7-14(3)10-4-5-12-9(2)13-10/h4-5,8H,7H2,1-3H3. The average Bonchev–Trinajstić information content (AvgIpc) is 2.17. The molecule has 1 atom stereocenters. The van der Waals surface area contributed by atoms with E-state index in [1.165, 1.54) is 0 Å². The van der Waals surface area contributed by atoms with E-state index in [9.17, 15) is 0 Å². The van der Waals surface area contributed by atoms with Gasteiger partial charge in [-0.15, -0.1) is 0 Å². The van der Waals surface area contributed by atoms with Gasteiger partial charge in [0.1, 0.15) is 11.6 Å². The van der Waals surface area contributed by atoms with Gasteiger partial charge in [0, 0.05) is 19.8 Å². The highest BCUT2D eigenvalue weighted by molar-refractivity contribution is 5.36. The molecule has 4 heteroatoms. The fraction of sp³-hybridized carbons (Fsp3) is 0.500. The quantitative estimate of drug-likeness (QED) is 0.722. The topological polar surface area (TPSA) is 52.8 Å². The number of nitriles is 1. The molecule has 0 aliphatic rings. The molecular formula is C10H14N4. The molecule has 0 saturated heterocycles. The zero-order chi connectivity index (χ0) is 10.6. The van der Waals surface area contributed by atoms with E-state index >= 15 is 0 Å². The largest absolute Gasteiger partial charge is 0.358 e. The van der Waals surface area contributed by atoms with Crippen molar-refractivity contribution >= 4 is 5.82 Å². The molecule has 0 radical (unpaired) electrons. The number of anilines is 1. The maximum absolute atomic E-state index is 8.68. The summed E-state index contributed by atoms with van der Waals surface area (Å²) in [6.45, 7) is 4.43. The highest BCUT2D eigenvalue weighted by Gasteiger charge is 2.07. The van der Waals surface area contributed by atoms with E-state index in [0.717, 1.165) is 11.6 Å². The van der Waals surface area contributed by atoms with Gasteiger partial charge < -0.3 is 4.90 Å². The molecule has 4 nitrogen and oxygen atoms in total. The van der Waals surface area contributed by atoms with Gasteiger partial charge in [0.25, 0.3) is 0 Å². The molecule has 1 heterocycles. The summed E-state index contributed by atoms with van der Waals surface area (Å²) in [7, 11) is 1.93. The molecule has 1 unspecified atom stereocenters. The first-order chi connectivity index (χ1) is 6.63. The number of nitrogens with zero attached hydrogens (tertiary/aromatic N) is 4. The molecule has 1 rings (SSSR count). The first-order valence-electron chi connectivity index (χ1n) is 4.54. The van der Waals surface area contributed by atoms with Gasteiger partial charge in [0.05, 0.1) is 12.0 Å². The fourth-order valence-electron chi connectivity index (χ4n) is 1.20. The number of aryl methyl sites for hydroxylation is 1. The average molecular weight is 190 g/mol. The van der Waals surface area contributed by atoms with E-state index in [-0.39, 0.29) is 5.92 Å². The molecule has 74 valence electrons. The van der Waals surface area contributed by atoms with E-state index in [0.29, 0.717) is 6.54 Å². The number of hydrogen-bond donors (Lipinski definition) is 0. The number of aromatic nitrogens is 2. The Hall–Kier alpha value is -1.63. The molecule has 0 aliphatic heterocycles. The molecule has 0 saturated carbocycles. The molecular weight excluding hydrogens is 176 g/mol.